The van der Waals surface area contributed by atoms with Gasteiger partial charge in [-0.3, -0.25) is 14.9 Å². The summed E-state index contributed by atoms with van der Waals surface area (Å²) in [7, 11) is 4.07. The van der Waals surface area contributed by atoms with E-state index in [0.717, 1.165) is 25.2 Å². The van der Waals surface area contributed by atoms with Gasteiger partial charge in [-0.25, -0.2) is 0 Å². The molecule has 2 rings (SSSR count). The molecule has 0 spiro atoms. The summed E-state index contributed by atoms with van der Waals surface area (Å²) in [4.78, 5) is 26.3. The van der Waals surface area contributed by atoms with Gasteiger partial charge in [0.1, 0.15) is 0 Å². The summed E-state index contributed by atoms with van der Waals surface area (Å²) in [5.41, 5.74) is 0.872. The van der Waals surface area contributed by atoms with Crippen LogP contribution >= 0.6 is 0 Å². The number of benzene rings is 1. The van der Waals surface area contributed by atoms with Gasteiger partial charge >= 0.3 is 0 Å². The molecule has 1 unspecified atom stereocenters. The standard InChI is InChI=1S/C14H19N3O3/c1-10(18)13-5-4-11(8-14(13)17(19)20)16-7-6-12(9-16)15(2)3/h4-5,8,12H,6-7,9H2,1-3H3. The number of nitro groups is 1. The van der Waals surface area contributed by atoms with E-state index < -0.39 is 4.92 Å². The van der Waals surface area contributed by atoms with Crippen LogP contribution in [-0.4, -0.2) is 48.8 Å². The first kappa shape index (κ1) is 14.5. The highest BCUT2D eigenvalue weighted by atomic mass is 16.6. The normalized spacial score (nSPS) is 18.6. The molecule has 0 N–H and O–H groups in total. The van der Waals surface area contributed by atoms with Gasteiger partial charge in [0, 0.05) is 30.9 Å². The average Bonchev–Trinajstić information content (AvgIpc) is 2.87. The maximum Gasteiger partial charge on any atom is 0.282 e. The van der Waals surface area contributed by atoms with Gasteiger partial charge in [0.15, 0.2) is 5.78 Å². The second-order valence-corrected chi connectivity index (χ2v) is 5.37. The Morgan fingerprint density at radius 2 is 2.15 bits per heavy atom. The quantitative estimate of drug-likeness (QED) is 0.478. The molecule has 0 radical (unpaired) electrons. The van der Waals surface area contributed by atoms with E-state index in [1.807, 2.05) is 14.1 Å². The van der Waals surface area contributed by atoms with Gasteiger partial charge in [0.2, 0.25) is 0 Å². The lowest BCUT2D eigenvalue weighted by Crippen LogP contribution is -2.31. The van der Waals surface area contributed by atoms with Gasteiger partial charge in [0.25, 0.3) is 5.69 Å². The first-order chi connectivity index (χ1) is 9.40. The van der Waals surface area contributed by atoms with E-state index in [2.05, 4.69) is 9.80 Å². The first-order valence-electron chi connectivity index (χ1n) is 6.61. The summed E-state index contributed by atoms with van der Waals surface area (Å²) in [6.07, 6.45) is 1.04. The van der Waals surface area contributed by atoms with Crippen LogP contribution in [-0.2, 0) is 0 Å². The topological polar surface area (TPSA) is 66.7 Å². The third-order valence-electron chi connectivity index (χ3n) is 3.82. The van der Waals surface area contributed by atoms with Gasteiger partial charge in [-0.05, 0) is 39.6 Å². The van der Waals surface area contributed by atoms with Crippen LogP contribution in [0.1, 0.15) is 23.7 Å². The number of carbonyl (C=O) groups is 1. The Hall–Kier alpha value is -1.95. The van der Waals surface area contributed by atoms with Gasteiger partial charge in [-0.15, -0.1) is 0 Å². The molecule has 0 saturated carbocycles. The van der Waals surface area contributed by atoms with Crippen molar-refractivity contribution >= 4 is 17.2 Å². The molecule has 1 saturated heterocycles. The van der Waals surface area contributed by atoms with E-state index in [1.54, 1.807) is 12.1 Å². The highest BCUT2D eigenvalue weighted by Crippen LogP contribution is 2.28. The molecule has 108 valence electrons. The molecule has 20 heavy (non-hydrogen) atoms. The lowest BCUT2D eigenvalue weighted by atomic mass is 10.1. The van der Waals surface area contributed by atoms with E-state index in [0.29, 0.717) is 6.04 Å². The van der Waals surface area contributed by atoms with Crippen molar-refractivity contribution in [2.45, 2.75) is 19.4 Å². The molecular formula is C14H19N3O3. The van der Waals surface area contributed by atoms with Crippen LogP contribution in [0.5, 0.6) is 0 Å². The van der Waals surface area contributed by atoms with Crippen molar-refractivity contribution in [1.82, 2.24) is 4.90 Å². The maximum atomic E-state index is 11.4. The number of carbonyl (C=O) groups excluding carboxylic acids is 1. The molecule has 1 aliphatic heterocycles. The molecule has 0 bridgehead atoms. The van der Waals surface area contributed by atoms with Crippen molar-refractivity contribution in [3.05, 3.63) is 33.9 Å². The number of nitrogens with zero attached hydrogens (tertiary/aromatic N) is 3. The predicted molar refractivity (Wildman–Crippen MR) is 77.4 cm³/mol. The zero-order valence-corrected chi connectivity index (χ0v) is 12.0. The third kappa shape index (κ3) is 2.80. The van der Waals surface area contributed by atoms with Gasteiger partial charge in [-0.1, -0.05) is 0 Å². The Bertz CT molecular complexity index is 542. The van der Waals surface area contributed by atoms with Crippen LogP contribution < -0.4 is 4.90 Å². The zero-order chi connectivity index (χ0) is 14.9. The molecule has 6 nitrogen and oxygen atoms in total. The number of ketones is 1. The monoisotopic (exact) mass is 277 g/mol. The Balaban J connectivity index is 2.28. The molecule has 1 fully saturated rings. The Kier molecular flexibility index (Phi) is 4.04. The minimum atomic E-state index is -0.486. The fourth-order valence-corrected chi connectivity index (χ4v) is 2.56. The summed E-state index contributed by atoms with van der Waals surface area (Å²) in [6.45, 7) is 3.07. The van der Waals surface area contributed by atoms with Crippen molar-refractivity contribution in [2.24, 2.45) is 0 Å². The average molecular weight is 277 g/mol. The highest BCUT2D eigenvalue weighted by molar-refractivity contribution is 5.98. The number of Topliss-reactive ketones (excluding diaryl/α,β-unsaturated/α-hetero) is 1. The lowest BCUT2D eigenvalue weighted by Gasteiger charge is -2.21. The highest BCUT2D eigenvalue weighted by Gasteiger charge is 2.26. The second kappa shape index (κ2) is 5.58. The fourth-order valence-electron chi connectivity index (χ4n) is 2.56. The molecule has 1 aromatic rings. The maximum absolute atomic E-state index is 11.4. The SMILES string of the molecule is CC(=O)c1ccc(N2CCC(N(C)C)C2)cc1[N+](=O)[O-]. The number of anilines is 1. The molecule has 6 heteroatoms. The van der Waals surface area contributed by atoms with Crippen LogP contribution in [0.15, 0.2) is 18.2 Å². The van der Waals surface area contributed by atoms with Crippen molar-refractivity contribution in [2.75, 3.05) is 32.1 Å². The summed E-state index contributed by atoms with van der Waals surface area (Å²) in [5, 5.41) is 11.1. The molecule has 0 aromatic heterocycles. The van der Waals surface area contributed by atoms with Crippen LogP contribution in [0.3, 0.4) is 0 Å². The van der Waals surface area contributed by atoms with Crippen LogP contribution in [0, 0.1) is 10.1 Å². The third-order valence-corrected chi connectivity index (χ3v) is 3.82. The fraction of sp³-hybridized carbons (Fsp3) is 0.500. The van der Waals surface area contributed by atoms with Gasteiger partial charge in [0.05, 0.1) is 10.5 Å². The Labute approximate surface area is 118 Å². The van der Waals surface area contributed by atoms with E-state index >= 15 is 0 Å². The van der Waals surface area contributed by atoms with Crippen LogP contribution in [0.2, 0.25) is 0 Å². The van der Waals surface area contributed by atoms with Crippen LogP contribution in [0.25, 0.3) is 0 Å². The smallest absolute Gasteiger partial charge is 0.282 e. The molecule has 1 heterocycles. The first-order valence-corrected chi connectivity index (χ1v) is 6.61. The van der Waals surface area contributed by atoms with E-state index in [1.165, 1.54) is 13.0 Å². The summed E-state index contributed by atoms with van der Waals surface area (Å²) in [6, 6.07) is 5.32. The molecule has 1 aliphatic rings. The molecule has 1 atom stereocenters. The van der Waals surface area contributed by atoms with Crippen molar-refractivity contribution in [3.8, 4) is 0 Å². The summed E-state index contributed by atoms with van der Waals surface area (Å²) in [5.74, 6) is -0.282. The van der Waals surface area contributed by atoms with Gasteiger partial charge in [-0.2, -0.15) is 0 Å². The van der Waals surface area contributed by atoms with Crippen molar-refractivity contribution < 1.29 is 9.72 Å². The van der Waals surface area contributed by atoms with E-state index in [4.69, 9.17) is 0 Å². The number of rotatable bonds is 4. The van der Waals surface area contributed by atoms with E-state index in [9.17, 15) is 14.9 Å². The molecule has 0 amide bonds. The van der Waals surface area contributed by atoms with Crippen molar-refractivity contribution in [1.29, 1.82) is 0 Å². The van der Waals surface area contributed by atoms with E-state index in [-0.39, 0.29) is 17.0 Å². The molecular weight excluding hydrogens is 258 g/mol. The van der Waals surface area contributed by atoms with Crippen LogP contribution in [0.4, 0.5) is 11.4 Å². The summed E-state index contributed by atoms with van der Waals surface area (Å²) < 4.78 is 0. The minimum Gasteiger partial charge on any atom is -0.370 e. The molecule has 1 aromatic carbocycles. The minimum absolute atomic E-state index is 0.108. The molecule has 0 aliphatic carbocycles. The van der Waals surface area contributed by atoms with Crippen molar-refractivity contribution in [3.63, 3.8) is 0 Å². The number of likely N-dealkylation sites (N-methyl/N-ethyl adjacent to an activating group) is 1. The lowest BCUT2D eigenvalue weighted by molar-refractivity contribution is -0.385. The number of nitro benzene ring substituents is 1. The Morgan fingerprint density at radius 1 is 1.45 bits per heavy atom. The van der Waals surface area contributed by atoms with Gasteiger partial charge < -0.3 is 9.80 Å². The number of hydrogen-bond acceptors (Lipinski definition) is 5. The number of hydrogen-bond donors (Lipinski definition) is 0. The Morgan fingerprint density at radius 3 is 2.65 bits per heavy atom. The second-order valence-electron chi connectivity index (χ2n) is 5.37. The summed E-state index contributed by atoms with van der Waals surface area (Å²) >= 11 is 0. The largest absolute Gasteiger partial charge is 0.370 e. The zero-order valence-electron chi connectivity index (χ0n) is 12.0. The predicted octanol–water partition coefficient (Wildman–Crippen LogP) is 1.94.